The van der Waals surface area contributed by atoms with Crippen LogP contribution in [0.5, 0.6) is 0 Å². The van der Waals surface area contributed by atoms with E-state index in [1.807, 2.05) is 11.0 Å². The number of nitrogens with zero attached hydrogens (tertiary/aromatic N) is 6. The summed E-state index contributed by atoms with van der Waals surface area (Å²) in [5.74, 6) is 2.79. The van der Waals surface area contributed by atoms with E-state index in [9.17, 15) is 4.79 Å². The fourth-order valence-corrected chi connectivity index (χ4v) is 4.97. The number of fused-ring (bicyclic) bond motifs is 1. The highest BCUT2D eigenvalue weighted by atomic mass is 16.2. The smallest absolute Gasteiger partial charge is 0.245 e. The molecule has 1 unspecified atom stereocenters. The maximum absolute atomic E-state index is 13.2. The lowest BCUT2D eigenvalue weighted by Gasteiger charge is -2.36. The molecule has 5 aliphatic rings. The largest absolute Gasteiger partial charge is 0.339 e. The van der Waals surface area contributed by atoms with Crippen molar-refractivity contribution >= 4 is 23.5 Å². The molecule has 164 valence electrons. The molecule has 0 bridgehead atoms. The number of aliphatic imine (C=N–C) groups is 2. The summed E-state index contributed by atoms with van der Waals surface area (Å²) >= 11 is 0. The topological polar surface area (TPSA) is 118 Å². The van der Waals surface area contributed by atoms with Crippen molar-refractivity contribution in [2.45, 2.75) is 56.5 Å². The lowest BCUT2D eigenvalue weighted by atomic mass is 10.2. The van der Waals surface area contributed by atoms with Gasteiger partial charge in [0.25, 0.3) is 0 Å². The average Bonchev–Trinajstić information content (AvgIpc) is 3.22. The Labute approximate surface area is 181 Å². The van der Waals surface area contributed by atoms with Gasteiger partial charge in [0, 0.05) is 49.9 Å². The van der Waals surface area contributed by atoms with Gasteiger partial charge in [-0.05, 0) is 38.5 Å². The summed E-state index contributed by atoms with van der Waals surface area (Å²) in [5, 5.41) is 9.58. The highest BCUT2D eigenvalue weighted by Crippen LogP contribution is 2.40. The first-order chi connectivity index (χ1) is 15.2. The molecule has 10 nitrogen and oxygen atoms in total. The molecule has 4 N–H and O–H groups in total. The number of carbonyl (C=O) groups excluding carboxylic acids is 1. The van der Waals surface area contributed by atoms with Gasteiger partial charge < -0.3 is 15.5 Å². The standard InChI is InChI=1S/C21H29N9O/c22-14-7-10-28(12-14)20(31)17-4-1-8-29(17)21-24-19(16-3-2-9-30(16)27-21)23-18-11-15(25-26-18)13-5-6-13/h3,11,13-14,17H,1-2,4-10,12,22H2,(H2,23,24,25,26,27)/t14?,17-/m0/s1. The number of nitrogens with two attached hydrogens (primary N) is 1. The van der Waals surface area contributed by atoms with Crippen molar-refractivity contribution in [1.82, 2.24) is 30.4 Å². The molecule has 1 aliphatic carbocycles. The molecule has 1 aromatic rings. The monoisotopic (exact) mass is 423 g/mol. The van der Waals surface area contributed by atoms with Gasteiger partial charge in [0.15, 0.2) is 11.7 Å². The molecular formula is C21H29N9O. The van der Waals surface area contributed by atoms with E-state index in [1.165, 1.54) is 12.8 Å². The molecule has 10 heteroatoms. The van der Waals surface area contributed by atoms with Crippen LogP contribution >= 0.6 is 0 Å². The zero-order valence-electron chi connectivity index (χ0n) is 17.6. The summed E-state index contributed by atoms with van der Waals surface area (Å²) in [4.78, 5) is 26.9. The third-order valence-corrected chi connectivity index (χ3v) is 6.83. The van der Waals surface area contributed by atoms with Crippen molar-refractivity contribution < 1.29 is 4.79 Å². The van der Waals surface area contributed by atoms with Crippen LogP contribution in [-0.4, -0.2) is 81.0 Å². The number of H-pyrrole nitrogens is 1. The minimum Gasteiger partial charge on any atom is -0.339 e. The predicted octanol–water partition coefficient (Wildman–Crippen LogP) is 0.805. The molecule has 0 aromatic carbocycles. The van der Waals surface area contributed by atoms with Crippen molar-refractivity contribution in [3.8, 4) is 0 Å². The van der Waals surface area contributed by atoms with Gasteiger partial charge in [0.05, 0.1) is 5.70 Å². The van der Waals surface area contributed by atoms with Crippen LogP contribution in [0.15, 0.2) is 27.8 Å². The Morgan fingerprint density at radius 1 is 1.19 bits per heavy atom. The minimum absolute atomic E-state index is 0.0920. The number of aromatic nitrogens is 2. The molecule has 2 saturated heterocycles. The molecule has 0 spiro atoms. The van der Waals surface area contributed by atoms with Gasteiger partial charge in [-0.2, -0.15) is 10.1 Å². The van der Waals surface area contributed by atoms with Crippen LogP contribution in [0, 0.1) is 0 Å². The van der Waals surface area contributed by atoms with E-state index in [0.717, 1.165) is 56.7 Å². The maximum atomic E-state index is 13.2. The molecular weight excluding hydrogens is 394 g/mol. The van der Waals surface area contributed by atoms with Crippen LogP contribution < -0.4 is 11.2 Å². The fourth-order valence-electron chi connectivity index (χ4n) is 4.97. The Balaban J connectivity index is 1.28. The SMILES string of the molecule is NC1CCN(C(=O)[C@@H]2CCCN2C2=NC(=Nc3cc(C4CC4)[nH]n3)C3=CCCN3N2)C1. The Bertz CT molecular complexity index is 975. The average molecular weight is 424 g/mol. The molecule has 0 radical (unpaired) electrons. The van der Waals surface area contributed by atoms with Gasteiger partial charge in [0.1, 0.15) is 6.04 Å². The summed E-state index contributed by atoms with van der Waals surface area (Å²) in [7, 11) is 0. The van der Waals surface area contributed by atoms with Crippen molar-refractivity contribution in [3.05, 3.63) is 23.5 Å². The zero-order valence-corrected chi connectivity index (χ0v) is 17.6. The number of amides is 1. The van der Waals surface area contributed by atoms with E-state index < -0.39 is 0 Å². The van der Waals surface area contributed by atoms with E-state index >= 15 is 0 Å². The molecule has 3 fully saturated rings. The summed E-state index contributed by atoms with van der Waals surface area (Å²) in [6, 6.07) is 1.92. The third-order valence-electron chi connectivity index (χ3n) is 6.83. The molecule has 1 saturated carbocycles. The predicted molar refractivity (Wildman–Crippen MR) is 117 cm³/mol. The normalized spacial score (nSPS) is 29.3. The summed E-state index contributed by atoms with van der Waals surface area (Å²) < 4.78 is 0. The first-order valence-electron chi connectivity index (χ1n) is 11.4. The number of guanidine groups is 1. The number of nitrogens with one attached hydrogen (secondary N) is 2. The van der Waals surface area contributed by atoms with Gasteiger partial charge in [-0.3, -0.25) is 20.3 Å². The van der Waals surface area contributed by atoms with Crippen molar-refractivity contribution in [1.29, 1.82) is 0 Å². The number of amidine groups is 1. The van der Waals surface area contributed by atoms with E-state index in [0.29, 0.717) is 30.1 Å². The molecule has 1 amide bonds. The van der Waals surface area contributed by atoms with Gasteiger partial charge in [-0.25, -0.2) is 4.99 Å². The fraction of sp³-hybridized carbons (Fsp3) is 0.619. The quantitative estimate of drug-likeness (QED) is 0.662. The Morgan fingerprint density at radius 2 is 2.10 bits per heavy atom. The molecule has 4 aliphatic heterocycles. The molecule has 6 rings (SSSR count). The third kappa shape index (κ3) is 3.48. The second-order valence-electron chi connectivity index (χ2n) is 9.15. The number of hydrogen-bond acceptors (Lipinski definition) is 7. The van der Waals surface area contributed by atoms with Crippen LogP contribution in [0.4, 0.5) is 5.82 Å². The Morgan fingerprint density at radius 3 is 2.90 bits per heavy atom. The van der Waals surface area contributed by atoms with Gasteiger partial charge >= 0.3 is 0 Å². The Kier molecular flexibility index (Phi) is 4.48. The highest BCUT2D eigenvalue weighted by Gasteiger charge is 2.40. The van der Waals surface area contributed by atoms with Crippen molar-refractivity contribution in [2.24, 2.45) is 15.7 Å². The molecule has 2 atom stereocenters. The van der Waals surface area contributed by atoms with E-state index in [-0.39, 0.29) is 18.0 Å². The number of likely N-dealkylation sites (tertiary alicyclic amines) is 2. The minimum atomic E-state index is -0.196. The molecule has 1 aromatic heterocycles. The second-order valence-corrected chi connectivity index (χ2v) is 9.15. The van der Waals surface area contributed by atoms with Crippen LogP contribution in [0.25, 0.3) is 0 Å². The van der Waals surface area contributed by atoms with Crippen LogP contribution in [0.2, 0.25) is 0 Å². The number of hydrogen-bond donors (Lipinski definition) is 3. The molecule has 5 heterocycles. The summed E-state index contributed by atoms with van der Waals surface area (Å²) in [6.07, 6.45) is 8.21. The Hall–Kier alpha value is -2.88. The van der Waals surface area contributed by atoms with Crippen molar-refractivity contribution in [2.75, 3.05) is 26.2 Å². The van der Waals surface area contributed by atoms with E-state index in [1.54, 1.807) is 0 Å². The van der Waals surface area contributed by atoms with Gasteiger partial charge in [-0.1, -0.05) is 6.08 Å². The second kappa shape index (κ2) is 7.37. The van der Waals surface area contributed by atoms with E-state index in [4.69, 9.17) is 15.7 Å². The number of aromatic amines is 1. The first kappa shape index (κ1) is 18.9. The lowest BCUT2D eigenvalue weighted by molar-refractivity contribution is -0.133. The number of hydrazine groups is 1. The lowest BCUT2D eigenvalue weighted by Crippen LogP contribution is -2.57. The number of carbonyl (C=O) groups is 1. The van der Waals surface area contributed by atoms with Crippen LogP contribution in [0.1, 0.15) is 50.1 Å². The van der Waals surface area contributed by atoms with Crippen molar-refractivity contribution in [3.63, 3.8) is 0 Å². The van der Waals surface area contributed by atoms with Gasteiger partial charge in [-0.15, -0.1) is 0 Å². The van der Waals surface area contributed by atoms with Gasteiger partial charge in [0.2, 0.25) is 11.9 Å². The number of rotatable bonds is 3. The van der Waals surface area contributed by atoms with Crippen LogP contribution in [-0.2, 0) is 4.79 Å². The first-order valence-corrected chi connectivity index (χ1v) is 11.4. The summed E-state index contributed by atoms with van der Waals surface area (Å²) in [5.41, 5.74) is 11.6. The maximum Gasteiger partial charge on any atom is 0.245 e. The van der Waals surface area contributed by atoms with E-state index in [2.05, 4.69) is 31.6 Å². The zero-order chi connectivity index (χ0) is 20.9. The van der Waals surface area contributed by atoms with Crippen LogP contribution in [0.3, 0.4) is 0 Å². The molecule has 31 heavy (non-hydrogen) atoms. The highest BCUT2D eigenvalue weighted by molar-refractivity contribution is 6.09. The summed E-state index contributed by atoms with van der Waals surface area (Å²) in [6.45, 7) is 3.06.